The van der Waals surface area contributed by atoms with Crippen molar-refractivity contribution in [1.82, 2.24) is 20.1 Å². The Hall–Kier alpha value is -3.28. The van der Waals surface area contributed by atoms with E-state index in [1.165, 1.54) is 0 Å². The molecule has 4 rings (SSSR count). The lowest BCUT2D eigenvalue weighted by Gasteiger charge is -2.07. The van der Waals surface area contributed by atoms with E-state index in [4.69, 9.17) is 9.26 Å². The molecule has 0 amide bonds. The molecule has 0 saturated heterocycles. The lowest BCUT2D eigenvalue weighted by molar-refractivity contribution is 0.399. The third kappa shape index (κ3) is 2.48. The molecule has 3 heterocycles. The Bertz CT molecular complexity index is 1010. The van der Waals surface area contributed by atoms with E-state index in [2.05, 4.69) is 20.1 Å². The van der Waals surface area contributed by atoms with Crippen molar-refractivity contribution < 1.29 is 9.26 Å². The highest BCUT2D eigenvalue weighted by molar-refractivity contribution is 5.85. The van der Waals surface area contributed by atoms with Crippen LogP contribution in [0.2, 0.25) is 0 Å². The lowest BCUT2D eigenvalue weighted by Crippen LogP contribution is -1.94. The maximum absolute atomic E-state index is 5.42. The molecule has 0 N–H and O–H groups in total. The van der Waals surface area contributed by atoms with Crippen molar-refractivity contribution in [3.8, 4) is 28.7 Å². The first kappa shape index (κ1) is 14.3. The van der Waals surface area contributed by atoms with Gasteiger partial charge in [-0.15, -0.1) is 0 Å². The van der Waals surface area contributed by atoms with Crippen molar-refractivity contribution in [1.29, 1.82) is 0 Å². The maximum Gasteiger partial charge on any atom is 0.258 e. The van der Waals surface area contributed by atoms with Crippen LogP contribution in [0.4, 0.5) is 0 Å². The third-order valence-corrected chi connectivity index (χ3v) is 3.73. The summed E-state index contributed by atoms with van der Waals surface area (Å²) in [6.07, 6.45) is 3.36. The molecule has 0 atom stereocenters. The second-order valence-electron chi connectivity index (χ2n) is 5.40. The molecule has 0 spiro atoms. The molecule has 0 aliphatic carbocycles. The highest BCUT2D eigenvalue weighted by atomic mass is 16.5. The van der Waals surface area contributed by atoms with Gasteiger partial charge in [0.25, 0.3) is 5.89 Å². The fourth-order valence-corrected chi connectivity index (χ4v) is 2.52. The van der Waals surface area contributed by atoms with Gasteiger partial charge in [-0.1, -0.05) is 17.3 Å². The maximum atomic E-state index is 5.42. The average Bonchev–Trinajstić information content (AvgIpc) is 3.11. The van der Waals surface area contributed by atoms with Crippen LogP contribution in [0.15, 0.2) is 53.3 Å². The summed E-state index contributed by atoms with van der Waals surface area (Å²) in [5.41, 5.74) is 3.52. The molecule has 1 aromatic carbocycles. The van der Waals surface area contributed by atoms with Crippen LogP contribution in [0.1, 0.15) is 5.56 Å². The molecule has 0 aliphatic rings. The number of hydrogen-bond donors (Lipinski definition) is 0. The van der Waals surface area contributed by atoms with Crippen LogP contribution in [0.25, 0.3) is 33.7 Å². The van der Waals surface area contributed by atoms with Gasteiger partial charge in [-0.2, -0.15) is 4.98 Å². The van der Waals surface area contributed by atoms with Crippen molar-refractivity contribution in [2.75, 3.05) is 7.11 Å². The standard InChI is InChI=1S/C18H14N4O2/c1-11-3-4-13-10-14(18(23-2)20-15(13)9-11)16-21-17(24-22-16)12-5-7-19-8-6-12/h3-10H,1-2H3. The molecular weight excluding hydrogens is 304 g/mol. The molecule has 3 aromatic heterocycles. The fourth-order valence-electron chi connectivity index (χ4n) is 2.52. The van der Waals surface area contributed by atoms with E-state index in [0.717, 1.165) is 22.0 Å². The van der Waals surface area contributed by atoms with Gasteiger partial charge in [0, 0.05) is 23.3 Å². The number of aryl methyl sites for hydroxylation is 1. The first-order valence-corrected chi connectivity index (χ1v) is 7.44. The topological polar surface area (TPSA) is 73.9 Å². The molecule has 4 aromatic rings. The Morgan fingerprint density at radius 3 is 2.62 bits per heavy atom. The smallest absolute Gasteiger partial charge is 0.258 e. The van der Waals surface area contributed by atoms with Gasteiger partial charge in [0.15, 0.2) is 0 Å². The number of methoxy groups -OCH3 is 1. The normalized spacial score (nSPS) is 10.9. The largest absolute Gasteiger partial charge is 0.480 e. The number of benzene rings is 1. The van der Waals surface area contributed by atoms with Gasteiger partial charge in [0.2, 0.25) is 11.7 Å². The molecule has 6 nitrogen and oxygen atoms in total. The molecule has 0 radical (unpaired) electrons. The number of ether oxygens (including phenoxy) is 1. The lowest BCUT2D eigenvalue weighted by atomic mass is 10.1. The Labute approximate surface area is 138 Å². The van der Waals surface area contributed by atoms with E-state index >= 15 is 0 Å². The summed E-state index contributed by atoms with van der Waals surface area (Å²) < 4.78 is 10.8. The Kier molecular flexibility index (Phi) is 3.42. The zero-order chi connectivity index (χ0) is 16.5. The van der Waals surface area contributed by atoms with Crippen molar-refractivity contribution in [3.05, 3.63) is 54.4 Å². The fraction of sp³-hybridized carbons (Fsp3) is 0.111. The van der Waals surface area contributed by atoms with Crippen molar-refractivity contribution in [2.45, 2.75) is 6.92 Å². The monoisotopic (exact) mass is 318 g/mol. The van der Waals surface area contributed by atoms with Crippen molar-refractivity contribution in [3.63, 3.8) is 0 Å². The molecule has 24 heavy (non-hydrogen) atoms. The van der Waals surface area contributed by atoms with Gasteiger partial charge >= 0.3 is 0 Å². The van der Waals surface area contributed by atoms with Gasteiger partial charge in [-0.25, -0.2) is 4.98 Å². The van der Waals surface area contributed by atoms with Crippen LogP contribution in [0.3, 0.4) is 0 Å². The third-order valence-electron chi connectivity index (χ3n) is 3.73. The van der Waals surface area contributed by atoms with Crippen molar-refractivity contribution >= 4 is 10.9 Å². The molecule has 6 heteroatoms. The van der Waals surface area contributed by atoms with E-state index in [9.17, 15) is 0 Å². The van der Waals surface area contributed by atoms with Crippen LogP contribution in [0.5, 0.6) is 5.88 Å². The summed E-state index contributed by atoms with van der Waals surface area (Å²) >= 11 is 0. The summed E-state index contributed by atoms with van der Waals surface area (Å²) in [5.74, 6) is 1.34. The van der Waals surface area contributed by atoms with Gasteiger partial charge < -0.3 is 9.26 Å². The van der Waals surface area contributed by atoms with Gasteiger partial charge in [-0.3, -0.25) is 4.98 Å². The SMILES string of the molecule is COc1nc2cc(C)ccc2cc1-c1noc(-c2ccncc2)n1. The molecule has 0 aliphatic heterocycles. The summed E-state index contributed by atoms with van der Waals surface area (Å²) in [6.45, 7) is 2.03. The quantitative estimate of drug-likeness (QED) is 0.574. The summed E-state index contributed by atoms with van der Waals surface area (Å²) in [6, 6.07) is 11.7. The number of nitrogens with zero attached hydrogens (tertiary/aromatic N) is 4. The number of rotatable bonds is 3. The van der Waals surface area contributed by atoms with E-state index in [1.807, 2.05) is 43.3 Å². The van der Waals surface area contributed by atoms with Gasteiger partial charge in [0.1, 0.15) is 0 Å². The van der Waals surface area contributed by atoms with Crippen LogP contribution in [0, 0.1) is 6.92 Å². The summed E-state index contributed by atoms with van der Waals surface area (Å²) in [5, 5.41) is 5.06. The minimum atomic E-state index is 0.429. The van der Waals surface area contributed by atoms with Crippen LogP contribution >= 0.6 is 0 Å². The Morgan fingerprint density at radius 1 is 1.00 bits per heavy atom. The van der Waals surface area contributed by atoms with Gasteiger partial charge in [0.05, 0.1) is 18.2 Å². The van der Waals surface area contributed by atoms with Gasteiger partial charge in [-0.05, 0) is 36.8 Å². The molecule has 0 saturated carbocycles. The minimum absolute atomic E-state index is 0.429. The van der Waals surface area contributed by atoms with E-state index in [0.29, 0.717) is 23.2 Å². The second-order valence-corrected chi connectivity index (χ2v) is 5.40. The zero-order valence-corrected chi connectivity index (χ0v) is 13.2. The number of hydrogen-bond acceptors (Lipinski definition) is 6. The summed E-state index contributed by atoms with van der Waals surface area (Å²) in [7, 11) is 1.58. The molecule has 118 valence electrons. The molecular formula is C18H14N4O2. The first-order chi connectivity index (χ1) is 11.7. The predicted octanol–water partition coefficient (Wildman–Crippen LogP) is 3.66. The van der Waals surface area contributed by atoms with E-state index < -0.39 is 0 Å². The van der Waals surface area contributed by atoms with E-state index in [1.54, 1.807) is 19.5 Å². The average molecular weight is 318 g/mol. The van der Waals surface area contributed by atoms with E-state index in [-0.39, 0.29) is 0 Å². The van der Waals surface area contributed by atoms with Crippen molar-refractivity contribution in [2.24, 2.45) is 0 Å². The molecule has 0 fully saturated rings. The zero-order valence-electron chi connectivity index (χ0n) is 13.2. The van der Waals surface area contributed by atoms with Crippen LogP contribution < -0.4 is 4.74 Å². The Balaban J connectivity index is 1.84. The minimum Gasteiger partial charge on any atom is -0.480 e. The predicted molar refractivity (Wildman–Crippen MR) is 89.6 cm³/mol. The number of fused-ring (bicyclic) bond motifs is 1. The number of aromatic nitrogens is 4. The Morgan fingerprint density at radius 2 is 1.83 bits per heavy atom. The molecule has 0 bridgehead atoms. The second kappa shape index (κ2) is 5.73. The van der Waals surface area contributed by atoms with Crippen LogP contribution in [-0.2, 0) is 0 Å². The highest BCUT2D eigenvalue weighted by Crippen LogP contribution is 2.31. The highest BCUT2D eigenvalue weighted by Gasteiger charge is 2.16. The first-order valence-electron chi connectivity index (χ1n) is 7.44. The number of pyridine rings is 2. The molecule has 0 unspecified atom stereocenters. The summed E-state index contributed by atoms with van der Waals surface area (Å²) in [4.78, 5) is 13.0. The van der Waals surface area contributed by atoms with Crippen LogP contribution in [-0.4, -0.2) is 27.2 Å².